The maximum absolute atomic E-state index is 12.4. The molecule has 0 aliphatic carbocycles. The molecule has 1 heterocycles. The van der Waals surface area contributed by atoms with Crippen molar-refractivity contribution in [1.29, 1.82) is 0 Å². The Hall–Kier alpha value is -2.12. The highest BCUT2D eigenvalue weighted by Gasteiger charge is 2.30. The lowest BCUT2D eigenvalue weighted by atomic mass is 10.0. The molecule has 0 fully saturated rings. The molecule has 3 rings (SSSR count). The Balaban J connectivity index is 0.000000358. The predicted octanol–water partition coefficient (Wildman–Crippen LogP) is -0.945. The molecule has 2 aromatic carbocycles. The number of aliphatic hydroxyl groups excluding tert-OH is 5. The zero-order valence-corrected chi connectivity index (χ0v) is 22.7. The molecule has 2 aromatic rings. The Morgan fingerprint density at radius 1 is 1.08 bits per heavy atom. The molecule has 13 nitrogen and oxygen atoms in total. The second kappa shape index (κ2) is 13.8. The van der Waals surface area contributed by atoms with Gasteiger partial charge < -0.3 is 35.6 Å². The first kappa shape index (κ1) is 32.1. The van der Waals surface area contributed by atoms with Crippen molar-refractivity contribution in [1.82, 2.24) is 0 Å². The van der Waals surface area contributed by atoms with E-state index in [4.69, 9.17) is 42.3 Å². The van der Waals surface area contributed by atoms with E-state index in [-0.39, 0.29) is 27.7 Å². The lowest BCUT2D eigenvalue weighted by Crippen LogP contribution is -2.46. The van der Waals surface area contributed by atoms with Crippen LogP contribution >= 0.6 is 23.4 Å². The van der Waals surface area contributed by atoms with Crippen LogP contribution in [-0.4, -0.2) is 91.3 Å². The molecule has 0 aromatic heterocycles. The van der Waals surface area contributed by atoms with Gasteiger partial charge in [0.05, 0.1) is 23.1 Å². The number of thioether (sulfide) groups is 1. The van der Waals surface area contributed by atoms with Crippen LogP contribution in [0.3, 0.4) is 0 Å². The molecular weight excluding hydrogens is 586 g/mol. The molecule has 0 saturated carbocycles. The maximum Gasteiger partial charge on any atom is 0.286 e. The monoisotopic (exact) mass is 611 g/mol. The Kier molecular flexibility index (Phi) is 11.6. The molecule has 0 bridgehead atoms. The zero-order valence-electron chi connectivity index (χ0n) is 19.5. The Morgan fingerprint density at radius 3 is 2.26 bits per heavy atom. The number of rotatable bonds is 10. The number of nitrogens with two attached hydrogens (primary N) is 1. The minimum Gasteiger partial charge on any atom is -0.394 e. The average Bonchev–Trinajstić information content (AvgIpc) is 2.86. The van der Waals surface area contributed by atoms with Crippen LogP contribution in [0.2, 0.25) is 5.02 Å². The number of carbonyl (C=O) groups is 1. The minimum absolute atomic E-state index is 0.0258. The number of sulfonamides is 2. The first-order chi connectivity index (χ1) is 17.7. The molecular formula is C21H26ClN3O10S3. The van der Waals surface area contributed by atoms with Crippen molar-refractivity contribution in [2.45, 2.75) is 40.0 Å². The average molecular weight is 612 g/mol. The van der Waals surface area contributed by atoms with Gasteiger partial charge in [0, 0.05) is 5.75 Å². The number of hydrogen-bond donors (Lipinski definition) is 7. The maximum atomic E-state index is 12.4. The molecule has 0 amide bonds. The van der Waals surface area contributed by atoms with Crippen molar-refractivity contribution in [3.63, 3.8) is 0 Å². The summed E-state index contributed by atoms with van der Waals surface area (Å²) in [6.07, 6.45) is -6.84. The number of primary sulfonamides is 1. The van der Waals surface area contributed by atoms with Crippen LogP contribution in [0.5, 0.6) is 0 Å². The second-order valence-electron chi connectivity index (χ2n) is 7.80. The predicted molar refractivity (Wildman–Crippen MR) is 141 cm³/mol. The molecule has 0 spiro atoms. The largest absolute Gasteiger partial charge is 0.394 e. The number of halogens is 1. The summed E-state index contributed by atoms with van der Waals surface area (Å²) in [7, 11) is -8.20. The molecule has 210 valence electrons. The van der Waals surface area contributed by atoms with Gasteiger partial charge in [0.1, 0.15) is 40.0 Å². The number of amidine groups is 1. The van der Waals surface area contributed by atoms with Gasteiger partial charge in [0.25, 0.3) is 10.0 Å². The van der Waals surface area contributed by atoms with Crippen molar-refractivity contribution in [2.24, 2.45) is 9.54 Å². The topological polar surface area (TPSA) is 237 Å². The van der Waals surface area contributed by atoms with Crippen LogP contribution in [0.25, 0.3) is 0 Å². The summed E-state index contributed by atoms with van der Waals surface area (Å²) in [4.78, 5) is 9.16. The van der Waals surface area contributed by atoms with Crippen molar-refractivity contribution >= 4 is 61.2 Å². The standard InChI is InChI=1S/C15H14ClN3O4S3.C6H12O6/c16-11-6-12-14(7-13(11)25(17,20)21)26(22,23)19-15(18-12)9-24-8-10-4-2-1-3-5-10;7-1-3(9)5(11)6(12)4(10)2-8/h1-7H,8-9H2,(H,18,19)(H2,17,20,21);1,3-6,8-12H,2H2/t;3-,4+,5+,6+/m.0/s1. The number of carbonyl (C=O) groups excluding carboxylic acids is 1. The van der Waals surface area contributed by atoms with Gasteiger partial charge in [-0.15, -0.1) is 16.2 Å². The summed E-state index contributed by atoms with van der Waals surface area (Å²) in [6.45, 7) is -0.760. The normalized spacial score (nSPS) is 17.4. The van der Waals surface area contributed by atoms with Gasteiger partial charge in [-0.2, -0.15) is 8.42 Å². The van der Waals surface area contributed by atoms with E-state index in [1.165, 1.54) is 17.8 Å². The molecule has 4 atom stereocenters. The summed E-state index contributed by atoms with van der Waals surface area (Å²) >= 11 is 7.43. The minimum atomic E-state index is -4.15. The van der Waals surface area contributed by atoms with E-state index in [2.05, 4.69) is 9.71 Å². The van der Waals surface area contributed by atoms with E-state index < -0.39 is 56.0 Å². The van der Waals surface area contributed by atoms with Crippen molar-refractivity contribution in [3.05, 3.63) is 53.1 Å². The highest BCUT2D eigenvalue weighted by molar-refractivity contribution is 7.99. The lowest BCUT2D eigenvalue weighted by Gasteiger charge is -2.22. The summed E-state index contributed by atoms with van der Waals surface area (Å²) in [5.41, 5.74) is 1.28. The third kappa shape index (κ3) is 8.70. The smallest absolute Gasteiger partial charge is 0.286 e. The van der Waals surface area contributed by atoms with Crippen LogP contribution in [0.4, 0.5) is 5.69 Å². The third-order valence-corrected chi connectivity index (χ3v) is 8.64. The van der Waals surface area contributed by atoms with Gasteiger partial charge in [-0.05, 0) is 17.7 Å². The zero-order chi connectivity index (χ0) is 28.7. The molecule has 38 heavy (non-hydrogen) atoms. The van der Waals surface area contributed by atoms with E-state index >= 15 is 0 Å². The van der Waals surface area contributed by atoms with E-state index in [0.29, 0.717) is 11.5 Å². The quantitative estimate of drug-likeness (QED) is 0.161. The number of nitrogens with one attached hydrogen (secondary N) is 1. The molecule has 17 heteroatoms. The van der Waals surface area contributed by atoms with Crippen LogP contribution in [-0.2, 0) is 30.6 Å². The Morgan fingerprint density at radius 2 is 1.71 bits per heavy atom. The van der Waals surface area contributed by atoms with Gasteiger partial charge in [0.15, 0.2) is 6.29 Å². The van der Waals surface area contributed by atoms with E-state index in [1.54, 1.807) is 0 Å². The van der Waals surface area contributed by atoms with E-state index in [9.17, 15) is 21.6 Å². The number of aldehydes is 1. The highest BCUT2D eigenvalue weighted by Crippen LogP contribution is 2.34. The van der Waals surface area contributed by atoms with Gasteiger partial charge in [0.2, 0.25) is 10.0 Å². The fraction of sp³-hybridized carbons (Fsp3) is 0.333. The van der Waals surface area contributed by atoms with Crippen molar-refractivity contribution in [3.8, 4) is 0 Å². The molecule has 0 saturated heterocycles. The number of benzene rings is 2. The summed E-state index contributed by atoms with van der Waals surface area (Å²) in [5.74, 6) is 1.28. The number of fused-ring (bicyclic) bond motifs is 1. The van der Waals surface area contributed by atoms with Crippen LogP contribution in [0.15, 0.2) is 56.7 Å². The number of anilines is 1. The van der Waals surface area contributed by atoms with E-state index in [0.717, 1.165) is 11.6 Å². The van der Waals surface area contributed by atoms with Gasteiger partial charge >= 0.3 is 0 Å². The summed E-state index contributed by atoms with van der Waals surface area (Å²) in [6, 6.07) is 11.9. The fourth-order valence-corrected chi connectivity index (χ4v) is 6.23. The lowest BCUT2D eigenvalue weighted by molar-refractivity contribution is -0.136. The Labute approximate surface area is 228 Å². The molecule has 1 aliphatic rings. The number of hydrogen-bond acceptors (Lipinski definition) is 12. The third-order valence-electron chi connectivity index (χ3n) is 4.90. The number of nitrogens with zero attached hydrogens (tertiary/aromatic N) is 1. The van der Waals surface area contributed by atoms with Crippen LogP contribution < -0.4 is 10.5 Å². The van der Waals surface area contributed by atoms with Crippen molar-refractivity contribution < 1.29 is 47.2 Å². The SMILES string of the molecule is NS(=O)(=O)c1cc2c(cc1Cl)NC(CSCc1ccccc1)=NS2(=O)=O.O=C[C@H](O)[C@@H](O)[C@H](O)[C@H](O)CO. The van der Waals surface area contributed by atoms with Gasteiger partial charge in [-0.25, -0.2) is 13.6 Å². The number of aliphatic hydroxyl groups is 5. The molecule has 1 aliphatic heterocycles. The Bertz CT molecular complexity index is 1360. The molecule has 0 radical (unpaired) electrons. The van der Waals surface area contributed by atoms with Crippen LogP contribution in [0, 0.1) is 0 Å². The van der Waals surface area contributed by atoms with Crippen molar-refractivity contribution in [2.75, 3.05) is 17.7 Å². The molecule has 8 N–H and O–H groups in total. The first-order valence-electron chi connectivity index (χ1n) is 10.6. The fourth-order valence-electron chi connectivity index (χ4n) is 2.96. The summed E-state index contributed by atoms with van der Waals surface area (Å²) < 4.78 is 51.6. The summed E-state index contributed by atoms with van der Waals surface area (Å²) in [5, 5.41) is 51.3. The highest BCUT2D eigenvalue weighted by atomic mass is 35.5. The van der Waals surface area contributed by atoms with Crippen LogP contribution in [0.1, 0.15) is 5.56 Å². The second-order valence-corrected chi connectivity index (χ2v) is 12.3. The van der Waals surface area contributed by atoms with Gasteiger partial charge in [-0.1, -0.05) is 41.9 Å². The van der Waals surface area contributed by atoms with Gasteiger partial charge in [-0.3, -0.25) is 0 Å². The molecule has 0 unspecified atom stereocenters. The van der Waals surface area contributed by atoms with E-state index in [1.807, 2.05) is 30.3 Å². The first-order valence-corrected chi connectivity index (χ1v) is 15.1.